The molecule has 0 amide bonds. The van der Waals surface area contributed by atoms with Crippen LogP contribution in [0.4, 0.5) is 0 Å². The number of rotatable bonds is 4. The van der Waals surface area contributed by atoms with Crippen LogP contribution >= 0.6 is 0 Å². The van der Waals surface area contributed by atoms with Crippen LogP contribution in [0.2, 0.25) is 0 Å². The van der Waals surface area contributed by atoms with Crippen LogP contribution in [0.1, 0.15) is 10.4 Å². The van der Waals surface area contributed by atoms with E-state index in [4.69, 9.17) is 9.84 Å². The number of aromatic carboxylic acids is 1. The van der Waals surface area contributed by atoms with E-state index in [0.29, 0.717) is 11.5 Å². The fourth-order valence-electron chi connectivity index (χ4n) is 2.65. The summed E-state index contributed by atoms with van der Waals surface area (Å²) >= 11 is 0. The molecule has 0 aliphatic carbocycles. The molecule has 0 aliphatic heterocycles. The number of carbonyl (C=O) groups is 1. The van der Waals surface area contributed by atoms with Crippen LogP contribution in [0.3, 0.4) is 0 Å². The summed E-state index contributed by atoms with van der Waals surface area (Å²) in [6.45, 7) is 0. The molecular formula is C20H14N2O3. The molecule has 25 heavy (non-hydrogen) atoms. The molecule has 0 bridgehead atoms. The number of benzene rings is 2. The predicted octanol–water partition coefficient (Wildman–Crippen LogP) is 4.72. The van der Waals surface area contributed by atoms with Crippen LogP contribution in [0.25, 0.3) is 22.3 Å². The number of aromatic nitrogens is 2. The highest BCUT2D eigenvalue weighted by molar-refractivity contribution is 5.88. The number of fused-ring (bicyclic) bond motifs is 1. The van der Waals surface area contributed by atoms with Crippen LogP contribution < -0.4 is 4.74 Å². The van der Waals surface area contributed by atoms with Gasteiger partial charge in [0.1, 0.15) is 17.1 Å². The summed E-state index contributed by atoms with van der Waals surface area (Å²) < 4.78 is 5.75. The minimum atomic E-state index is -0.989. The largest absolute Gasteiger partial charge is 0.478 e. The number of ether oxygens (including phenoxy) is 1. The van der Waals surface area contributed by atoms with Crippen molar-refractivity contribution in [2.24, 2.45) is 0 Å². The highest BCUT2D eigenvalue weighted by Gasteiger charge is 2.08. The van der Waals surface area contributed by atoms with Gasteiger partial charge in [0, 0.05) is 11.1 Å². The molecule has 2 aromatic heterocycles. The third-order valence-electron chi connectivity index (χ3n) is 3.85. The summed E-state index contributed by atoms with van der Waals surface area (Å²) in [4.78, 5) is 18.7. The molecular weight excluding hydrogens is 316 g/mol. The molecule has 5 heteroatoms. The lowest BCUT2D eigenvalue weighted by Gasteiger charge is -2.05. The Morgan fingerprint density at radius 1 is 0.960 bits per heavy atom. The van der Waals surface area contributed by atoms with Crippen LogP contribution in [-0.2, 0) is 0 Å². The van der Waals surface area contributed by atoms with Gasteiger partial charge in [-0.3, -0.25) is 0 Å². The number of hydrogen-bond donors (Lipinski definition) is 2. The van der Waals surface area contributed by atoms with E-state index in [9.17, 15) is 4.79 Å². The molecule has 4 aromatic rings. The Bertz CT molecular complexity index is 1050. The monoisotopic (exact) mass is 330 g/mol. The van der Waals surface area contributed by atoms with Gasteiger partial charge in [0.15, 0.2) is 0 Å². The lowest BCUT2D eigenvalue weighted by molar-refractivity contribution is 0.0696. The van der Waals surface area contributed by atoms with Crippen molar-refractivity contribution in [2.75, 3.05) is 0 Å². The Morgan fingerprint density at radius 2 is 1.80 bits per heavy atom. The fourth-order valence-corrected chi connectivity index (χ4v) is 2.65. The maximum Gasteiger partial charge on any atom is 0.335 e. The molecule has 0 saturated heterocycles. The van der Waals surface area contributed by atoms with E-state index in [1.807, 2.05) is 42.5 Å². The molecule has 0 spiro atoms. The van der Waals surface area contributed by atoms with Crippen molar-refractivity contribution >= 4 is 17.0 Å². The SMILES string of the molecule is O=C(O)c1cccc(Oc2cnc3[nH]c(-c4ccccc4)cc3c2)c1. The molecule has 0 unspecified atom stereocenters. The van der Waals surface area contributed by atoms with Crippen molar-refractivity contribution < 1.29 is 14.6 Å². The minimum absolute atomic E-state index is 0.180. The summed E-state index contributed by atoms with van der Waals surface area (Å²) in [6, 6.07) is 20.2. The number of nitrogens with one attached hydrogen (secondary N) is 1. The number of aromatic amines is 1. The van der Waals surface area contributed by atoms with Gasteiger partial charge >= 0.3 is 5.97 Å². The highest BCUT2D eigenvalue weighted by Crippen LogP contribution is 2.28. The van der Waals surface area contributed by atoms with Crippen LogP contribution in [0, 0.1) is 0 Å². The van der Waals surface area contributed by atoms with E-state index in [-0.39, 0.29) is 5.56 Å². The maximum atomic E-state index is 11.0. The number of nitrogens with zero attached hydrogens (tertiary/aromatic N) is 1. The van der Waals surface area contributed by atoms with Gasteiger partial charge < -0.3 is 14.8 Å². The molecule has 0 fully saturated rings. The van der Waals surface area contributed by atoms with E-state index in [2.05, 4.69) is 9.97 Å². The van der Waals surface area contributed by atoms with Gasteiger partial charge in [0.05, 0.1) is 11.8 Å². The Labute approximate surface area is 143 Å². The van der Waals surface area contributed by atoms with Gasteiger partial charge in [-0.25, -0.2) is 9.78 Å². The van der Waals surface area contributed by atoms with Gasteiger partial charge in [-0.15, -0.1) is 0 Å². The molecule has 2 aromatic carbocycles. The second-order valence-corrected chi connectivity index (χ2v) is 5.59. The van der Waals surface area contributed by atoms with Crippen LogP contribution in [-0.4, -0.2) is 21.0 Å². The summed E-state index contributed by atoms with van der Waals surface area (Å²) in [7, 11) is 0. The first kappa shape index (κ1) is 15.0. The first-order valence-corrected chi connectivity index (χ1v) is 7.74. The maximum absolute atomic E-state index is 11.0. The van der Waals surface area contributed by atoms with Crippen molar-refractivity contribution in [1.82, 2.24) is 9.97 Å². The highest BCUT2D eigenvalue weighted by atomic mass is 16.5. The topological polar surface area (TPSA) is 75.2 Å². The zero-order valence-electron chi connectivity index (χ0n) is 13.1. The Hall–Kier alpha value is -3.60. The first-order chi connectivity index (χ1) is 12.2. The number of carboxylic acid groups (broad SMARTS) is 1. The van der Waals surface area contributed by atoms with Gasteiger partial charge in [-0.1, -0.05) is 36.4 Å². The molecule has 2 N–H and O–H groups in total. The third-order valence-corrected chi connectivity index (χ3v) is 3.85. The second kappa shape index (κ2) is 6.13. The standard InChI is InChI=1S/C20H14N2O3/c23-20(24)14-7-4-8-16(9-14)25-17-10-15-11-18(22-19(15)21-12-17)13-5-2-1-3-6-13/h1-12H,(H,21,22)(H,23,24). The fraction of sp³-hybridized carbons (Fsp3) is 0. The van der Waals surface area contributed by atoms with E-state index >= 15 is 0 Å². The van der Waals surface area contributed by atoms with E-state index in [1.165, 1.54) is 12.1 Å². The Morgan fingerprint density at radius 3 is 2.60 bits per heavy atom. The molecule has 122 valence electrons. The van der Waals surface area contributed by atoms with Gasteiger partial charge in [0.2, 0.25) is 0 Å². The summed E-state index contributed by atoms with van der Waals surface area (Å²) in [5.74, 6) is 0.0192. The third kappa shape index (κ3) is 3.07. The van der Waals surface area contributed by atoms with E-state index in [1.54, 1.807) is 18.3 Å². The van der Waals surface area contributed by atoms with Gasteiger partial charge in [-0.05, 0) is 35.9 Å². The molecule has 4 rings (SSSR count). The normalized spacial score (nSPS) is 10.7. The smallest absolute Gasteiger partial charge is 0.335 e. The molecule has 5 nitrogen and oxygen atoms in total. The number of carboxylic acids is 1. The van der Waals surface area contributed by atoms with Crippen LogP contribution in [0.5, 0.6) is 11.5 Å². The van der Waals surface area contributed by atoms with Crippen molar-refractivity contribution in [3.05, 3.63) is 78.5 Å². The van der Waals surface area contributed by atoms with E-state index in [0.717, 1.165) is 22.3 Å². The number of hydrogen-bond acceptors (Lipinski definition) is 3. The molecule has 0 saturated carbocycles. The average Bonchev–Trinajstić information content (AvgIpc) is 3.06. The predicted molar refractivity (Wildman–Crippen MR) is 95.0 cm³/mol. The lowest BCUT2D eigenvalue weighted by Crippen LogP contribution is -1.96. The molecule has 0 atom stereocenters. The zero-order chi connectivity index (χ0) is 17.2. The second-order valence-electron chi connectivity index (χ2n) is 5.59. The Balaban J connectivity index is 1.65. The van der Waals surface area contributed by atoms with Gasteiger partial charge in [-0.2, -0.15) is 0 Å². The number of H-pyrrole nitrogens is 1. The van der Waals surface area contributed by atoms with Crippen molar-refractivity contribution in [1.29, 1.82) is 0 Å². The molecule has 0 radical (unpaired) electrons. The lowest BCUT2D eigenvalue weighted by atomic mass is 10.1. The molecule has 2 heterocycles. The first-order valence-electron chi connectivity index (χ1n) is 7.74. The molecule has 0 aliphatic rings. The number of pyridine rings is 1. The van der Waals surface area contributed by atoms with Crippen molar-refractivity contribution in [3.63, 3.8) is 0 Å². The average molecular weight is 330 g/mol. The van der Waals surface area contributed by atoms with E-state index < -0.39 is 5.97 Å². The zero-order valence-corrected chi connectivity index (χ0v) is 13.1. The quantitative estimate of drug-likeness (QED) is 0.568. The summed E-state index contributed by atoms with van der Waals surface area (Å²) in [5, 5.41) is 9.98. The van der Waals surface area contributed by atoms with Crippen LogP contribution in [0.15, 0.2) is 72.9 Å². The van der Waals surface area contributed by atoms with Crippen molar-refractivity contribution in [3.8, 4) is 22.8 Å². The van der Waals surface area contributed by atoms with Gasteiger partial charge in [0.25, 0.3) is 0 Å². The Kier molecular flexibility index (Phi) is 3.67. The minimum Gasteiger partial charge on any atom is -0.478 e. The summed E-state index contributed by atoms with van der Waals surface area (Å²) in [6.07, 6.45) is 1.61. The summed E-state index contributed by atoms with van der Waals surface area (Å²) in [5.41, 5.74) is 3.01. The van der Waals surface area contributed by atoms with Crippen molar-refractivity contribution in [2.45, 2.75) is 0 Å².